The Morgan fingerprint density at radius 1 is 1.17 bits per heavy atom. The van der Waals surface area contributed by atoms with E-state index in [0.29, 0.717) is 37.2 Å². The molecule has 1 fully saturated rings. The Morgan fingerprint density at radius 3 is 2.83 bits per heavy atom. The van der Waals surface area contributed by atoms with Crippen molar-refractivity contribution >= 4 is 28.7 Å². The lowest BCUT2D eigenvalue weighted by molar-refractivity contribution is 0.0279. The van der Waals surface area contributed by atoms with Gasteiger partial charge in [-0.25, -0.2) is 4.98 Å². The molecule has 2 aromatic heterocycles. The molecular formula is C16H15N3O3S. The van der Waals surface area contributed by atoms with Crippen molar-refractivity contribution in [3.63, 3.8) is 0 Å². The molecule has 0 bridgehead atoms. The lowest BCUT2D eigenvalue weighted by Crippen LogP contribution is -2.40. The first-order valence-corrected chi connectivity index (χ1v) is 8.21. The van der Waals surface area contributed by atoms with E-state index in [2.05, 4.69) is 9.97 Å². The molecule has 0 unspecified atom stereocenters. The van der Waals surface area contributed by atoms with E-state index in [9.17, 15) is 4.79 Å². The van der Waals surface area contributed by atoms with Crippen LogP contribution in [0.1, 0.15) is 10.6 Å². The van der Waals surface area contributed by atoms with Crippen LogP contribution >= 0.6 is 11.8 Å². The Kier molecular flexibility index (Phi) is 3.80. The summed E-state index contributed by atoms with van der Waals surface area (Å²) in [5.74, 6) is 0.260. The Balaban J connectivity index is 1.50. The van der Waals surface area contributed by atoms with Crippen LogP contribution in [-0.4, -0.2) is 47.1 Å². The Labute approximate surface area is 136 Å². The molecule has 6 nitrogen and oxygen atoms in total. The maximum Gasteiger partial charge on any atom is 0.289 e. The van der Waals surface area contributed by atoms with Gasteiger partial charge in [0.2, 0.25) is 0 Å². The quantitative estimate of drug-likeness (QED) is 0.800. The number of amides is 1. The van der Waals surface area contributed by atoms with Crippen LogP contribution in [0.5, 0.6) is 0 Å². The van der Waals surface area contributed by atoms with Crippen molar-refractivity contribution < 1.29 is 13.9 Å². The van der Waals surface area contributed by atoms with E-state index in [1.165, 1.54) is 11.8 Å². The fourth-order valence-corrected chi connectivity index (χ4v) is 3.25. The number of hydrogen-bond donors (Lipinski definition) is 1. The second kappa shape index (κ2) is 6.10. The van der Waals surface area contributed by atoms with Crippen LogP contribution in [0.3, 0.4) is 0 Å². The van der Waals surface area contributed by atoms with Crippen molar-refractivity contribution in [1.29, 1.82) is 0 Å². The van der Waals surface area contributed by atoms with E-state index in [1.54, 1.807) is 17.0 Å². The predicted molar refractivity (Wildman–Crippen MR) is 85.6 cm³/mol. The van der Waals surface area contributed by atoms with Gasteiger partial charge in [-0.15, -0.1) is 0 Å². The number of benzene rings is 1. The van der Waals surface area contributed by atoms with Gasteiger partial charge in [-0.2, -0.15) is 0 Å². The molecule has 0 saturated carbocycles. The number of imidazole rings is 1. The second-order valence-electron chi connectivity index (χ2n) is 5.18. The highest BCUT2D eigenvalue weighted by Crippen LogP contribution is 2.29. The normalized spacial score (nSPS) is 15.2. The molecule has 1 saturated heterocycles. The third-order valence-corrected chi connectivity index (χ3v) is 4.46. The number of para-hydroxylation sites is 2. The molecule has 1 aliphatic heterocycles. The molecule has 4 rings (SSSR count). The number of nitrogens with zero attached hydrogens (tertiary/aromatic N) is 2. The summed E-state index contributed by atoms with van der Waals surface area (Å²) in [7, 11) is 0. The lowest BCUT2D eigenvalue weighted by atomic mass is 10.3. The fraction of sp³-hybridized carbons (Fsp3) is 0.250. The summed E-state index contributed by atoms with van der Waals surface area (Å²) in [6.07, 6.45) is 0. The molecule has 0 spiro atoms. The number of morpholine rings is 1. The fourth-order valence-electron chi connectivity index (χ4n) is 2.49. The lowest BCUT2D eigenvalue weighted by Gasteiger charge is -2.25. The number of aromatic amines is 1. The molecule has 1 aromatic carbocycles. The molecule has 1 N–H and O–H groups in total. The number of furan rings is 1. The Bertz CT molecular complexity index is 803. The van der Waals surface area contributed by atoms with Crippen LogP contribution < -0.4 is 0 Å². The molecule has 1 amide bonds. The van der Waals surface area contributed by atoms with E-state index >= 15 is 0 Å². The maximum absolute atomic E-state index is 12.4. The minimum atomic E-state index is -0.0928. The van der Waals surface area contributed by atoms with Gasteiger partial charge in [-0.1, -0.05) is 12.1 Å². The molecular weight excluding hydrogens is 314 g/mol. The van der Waals surface area contributed by atoms with E-state index in [0.717, 1.165) is 16.2 Å². The molecule has 7 heteroatoms. The van der Waals surface area contributed by atoms with Gasteiger partial charge in [-0.3, -0.25) is 4.79 Å². The first kappa shape index (κ1) is 14.3. The third kappa shape index (κ3) is 2.97. The maximum atomic E-state index is 12.4. The van der Waals surface area contributed by atoms with Gasteiger partial charge in [0.15, 0.2) is 16.0 Å². The summed E-state index contributed by atoms with van der Waals surface area (Å²) >= 11 is 1.37. The number of ether oxygens (including phenoxy) is 1. The van der Waals surface area contributed by atoms with E-state index < -0.39 is 0 Å². The molecule has 0 aliphatic carbocycles. The molecule has 0 atom stereocenters. The highest BCUT2D eigenvalue weighted by Gasteiger charge is 2.21. The van der Waals surface area contributed by atoms with Gasteiger partial charge in [0.25, 0.3) is 5.91 Å². The van der Waals surface area contributed by atoms with Crippen molar-refractivity contribution in [3.05, 3.63) is 42.2 Å². The SMILES string of the molecule is O=C(c1ccc(Sc2nc3ccccc3[nH]2)o1)N1CCOCC1. The standard InChI is InChI=1S/C16H15N3O3S/c20-15(19-7-9-21-10-8-19)13-5-6-14(22-13)23-16-17-11-3-1-2-4-12(11)18-16/h1-6H,7-10H2,(H,17,18). The summed E-state index contributed by atoms with van der Waals surface area (Å²) in [5.41, 5.74) is 1.89. The number of carbonyl (C=O) groups is 1. The smallest absolute Gasteiger partial charge is 0.289 e. The number of rotatable bonds is 3. The highest BCUT2D eigenvalue weighted by atomic mass is 32.2. The van der Waals surface area contributed by atoms with Crippen molar-refractivity contribution in [2.75, 3.05) is 26.3 Å². The van der Waals surface area contributed by atoms with Crippen molar-refractivity contribution in [3.8, 4) is 0 Å². The number of fused-ring (bicyclic) bond motifs is 1. The first-order valence-electron chi connectivity index (χ1n) is 7.39. The zero-order chi connectivity index (χ0) is 15.6. The summed E-state index contributed by atoms with van der Waals surface area (Å²) in [4.78, 5) is 21.8. The monoisotopic (exact) mass is 329 g/mol. The number of hydrogen-bond acceptors (Lipinski definition) is 5. The molecule has 0 radical (unpaired) electrons. The third-order valence-electron chi connectivity index (χ3n) is 3.66. The molecule has 3 heterocycles. The molecule has 1 aliphatic rings. The number of H-pyrrole nitrogens is 1. The van der Waals surface area contributed by atoms with Crippen LogP contribution in [-0.2, 0) is 4.74 Å². The van der Waals surface area contributed by atoms with Gasteiger partial charge in [0.1, 0.15) is 0 Å². The summed E-state index contributed by atoms with van der Waals surface area (Å²) in [6, 6.07) is 11.3. The average Bonchev–Trinajstić information content (AvgIpc) is 3.21. The average molecular weight is 329 g/mol. The van der Waals surface area contributed by atoms with E-state index in [-0.39, 0.29) is 5.91 Å². The van der Waals surface area contributed by atoms with Crippen molar-refractivity contribution in [1.82, 2.24) is 14.9 Å². The van der Waals surface area contributed by atoms with Gasteiger partial charge < -0.3 is 19.0 Å². The Hall–Kier alpha value is -2.25. The van der Waals surface area contributed by atoms with Gasteiger partial charge in [-0.05, 0) is 36.0 Å². The van der Waals surface area contributed by atoms with Crippen molar-refractivity contribution in [2.24, 2.45) is 0 Å². The molecule has 23 heavy (non-hydrogen) atoms. The predicted octanol–water partition coefficient (Wildman–Crippen LogP) is 2.78. The van der Waals surface area contributed by atoms with Crippen LogP contribution in [0.4, 0.5) is 0 Å². The second-order valence-corrected chi connectivity index (χ2v) is 6.18. The number of aromatic nitrogens is 2. The van der Waals surface area contributed by atoms with Crippen LogP contribution in [0.2, 0.25) is 0 Å². The van der Waals surface area contributed by atoms with Crippen molar-refractivity contribution in [2.45, 2.75) is 10.2 Å². The zero-order valence-corrected chi connectivity index (χ0v) is 13.1. The highest BCUT2D eigenvalue weighted by molar-refractivity contribution is 7.99. The molecule has 118 valence electrons. The van der Waals surface area contributed by atoms with Crippen LogP contribution in [0.15, 0.2) is 51.1 Å². The van der Waals surface area contributed by atoms with E-state index in [4.69, 9.17) is 9.15 Å². The molecule has 3 aromatic rings. The van der Waals surface area contributed by atoms with Gasteiger partial charge in [0.05, 0.1) is 24.2 Å². The van der Waals surface area contributed by atoms with Gasteiger partial charge >= 0.3 is 0 Å². The number of nitrogens with one attached hydrogen (secondary N) is 1. The summed E-state index contributed by atoms with van der Waals surface area (Å²) in [6.45, 7) is 2.36. The minimum absolute atomic E-state index is 0.0928. The number of carbonyl (C=O) groups excluding carboxylic acids is 1. The van der Waals surface area contributed by atoms with Crippen LogP contribution in [0.25, 0.3) is 11.0 Å². The largest absolute Gasteiger partial charge is 0.444 e. The minimum Gasteiger partial charge on any atom is -0.444 e. The first-order chi connectivity index (χ1) is 11.3. The topological polar surface area (TPSA) is 71.4 Å². The Morgan fingerprint density at radius 2 is 2.00 bits per heavy atom. The van der Waals surface area contributed by atoms with Gasteiger partial charge in [0, 0.05) is 13.1 Å². The summed E-state index contributed by atoms with van der Waals surface area (Å²) in [5, 5.41) is 1.38. The van der Waals surface area contributed by atoms with E-state index in [1.807, 2.05) is 24.3 Å². The van der Waals surface area contributed by atoms with Crippen LogP contribution in [0, 0.1) is 0 Å². The summed E-state index contributed by atoms with van der Waals surface area (Å²) < 4.78 is 10.9. The zero-order valence-electron chi connectivity index (χ0n) is 12.3.